The number of aryl methyl sites for hydroxylation is 1. The normalized spacial score (nSPS) is 18.1. The molecule has 0 aliphatic carbocycles. The average Bonchev–Trinajstić information content (AvgIpc) is 2.99. The molecule has 1 aliphatic rings. The number of benzene rings is 1. The molecule has 6 nitrogen and oxygen atoms in total. The molecule has 28 heavy (non-hydrogen) atoms. The van der Waals surface area contributed by atoms with Crippen LogP contribution in [0.2, 0.25) is 0 Å². The summed E-state index contributed by atoms with van der Waals surface area (Å²) in [4.78, 5) is 0. The Bertz CT molecular complexity index is 838. The van der Waals surface area contributed by atoms with Gasteiger partial charge in [-0.05, 0) is 56.0 Å². The third-order valence-corrected chi connectivity index (χ3v) is 4.37. The van der Waals surface area contributed by atoms with Gasteiger partial charge < -0.3 is 9.47 Å². The summed E-state index contributed by atoms with van der Waals surface area (Å²) in [5, 5.41) is 12.9. The van der Waals surface area contributed by atoms with E-state index in [0.29, 0.717) is 41.9 Å². The second-order valence-electron chi connectivity index (χ2n) is 6.52. The van der Waals surface area contributed by atoms with Gasteiger partial charge in [-0.15, -0.1) is 23.4 Å². The molecule has 1 unspecified atom stereocenters. The van der Waals surface area contributed by atoms with E-state index in [2.05, 4.69) is 26.6 Å². The van der Waals surface area contributed by atoms with Crippen molar-refractivity contribution in [2.45, 2.75) is 32.5 Å². The number of aromatic nitrogens is 3. The van der Waals surface area contributed by atoms with Crippen LogP contribution in [0.4, 0.5) is 13.2 Å². The summed E-state index contributed by atoms with van der Waals surface area (Å²) >= 11 is 0. The van der Waals surface area contributed by atoms with Crippen molar-refractivity contribution in [3.63, 3.8) is 0 Å². The number of allylic oxidation sites excluding steroid dienone is 1. The minimum atomic E-state index is -4.73. The molecule has 2 aromatic rings. The van der Waals surface area contributed by atoms with E-state index in [0.717, 1.165) is 19.4 Å². The van der Waals surface area contributed by atoms with Gasteiger partial charge in [-0.3, -0.25) is 0 Å². The lowest BCUT2D eigenvalue weighted by Crippen LogP contribution is -2.21. The Labute approximate surface area is 160 Å². The van der Waals surface area contributed by atoms with Gasteiger partial charge in [-0.2, -0.15) is 5.10 Å². The first-order valence-electron chi connectivity index (χ1n) is 8.92. The first kappa shape index (κ1) is 20.1. The van der Waals surface area contributed by atoms with Crippen LogP contribution in [0.1, 0.15) is 30.1 Å². The smallest absolute Gasteiger partial charge is 0.406 e. The average molecular weight is 394 g/mol. The molecule has 0 radical (unpaired) electrons. The van der Waals surface area contributed by atoms with Crippen molar-refractivity contribution >= 4 is 5.71 Å². The summed E-state index contributed by atoms with van der Waals surface area (Å²) in [5.41, 5.74) is 1.09. The molecule has 150 valence electrons. The second-order valence-corrected chi connectivity index (χ2v) is 6.52. The van der Waals surface area contributed by atoms with Gasteiger partial charge in [0.1, 0.15) is 5.75 Å². The molecule has 0 saturated carbocycles. The van der Waals surface area contributed by atoms with Gasteiger partial charge in [0, 0.05) is 25.2 Å². The first-order chi connectivity index (χ1) is 13.4. The number of halogens is 3. The molecule has 1 aliphatic heterocycles. The van der Waals surface area contributed by atoms with Crippen molar-refractivity contribution in [2.75, 3.05) is 13.2 Å². The van der Waals surface area contributed by atoms with E-state index in [9.17, 15) is 13.2 Å². The third-order valence-electron chi connectivity index (χ3n) is 4.37. The van der Waals surface area contributed by atoms with Crippen LogP contribution in [0.3, 0.4) is 0 Å². The summed E-state index contributed by atoms with van der Waals surface area (Å²) in [6, 6.07) is 5.47. The molecule has 2 heterocycles. The van der Waals surface area contributed by atoms with Crippen LogP contribution in [0.5, 0.6) is 5.75 Å². The second kappa shape index (κ2) is 8.55. The molecule has 0 spiro atoms. The van der Waals surface area contributed by atoms with Gasteiger partial charge in [-0.1, -0.05) is 6.58 Å². The largest absolute Gasteiger partial charge is 0.573 e. The Kier molecular flexibility index (Phi) is 6.13. The molecule has 3 rings (SSSR count). The Morgan fingerprint density at radius 1 is 1.36 bits per heavy atom. The van der Waals surface area contributed by atoms with Crippen LogP contribution in [0.15, 0.2) is 42.0 Å². The third kappa shape index (κ3) is 5.19. The van der Waals surface area contributed by atoms with Crippen LogP contribution in [-0.4, -0.2) is 40.2 Å². The lowest BCUT2D eigenvalue weighted by Gasteiger charge is -2.21. The lowest BCUT2D eigenvalue weighted by atomic mass is 9.98. The molecule has 0 N–H and O–H groups in total. The Morgan fingerprint density at radius 2 is 2.11 bits per heavy atom. The molecule has 9 heteroatoms. The Balaban J connectivity index is 1.82. The maximum Gasteiger partial charge on any atom is 0.573 e. The maximum absolute atomic E-state index is 12.3. The fourth-order valence-corrected chi connectivity index (χ4v) is 3.04. The van der Waals surface area contributed by atoms with Crippen LogP contribution < -0.4 is 4.74 Å². The van der Waals surface area contributed by atoms with E-state index in [-0.39, 0.29) is 5.75 Å². The molecule has 0 bridgehead atoms. The monoisotopic (exact) mass is 394 g/mol. The Morgan fingerprint density at radius 3 is 2.71 bits per heavy atom. The zero-order chi connectivity index (χ0) is 20.1. The Hall–Kier alpha value is -2.68. The molecule has 1 aromatic heterocycles. The van der Waals surface area contributed by atoms with E-state index in [4.69, 9.17) is 4.74 Å². The van der Waals surface area contributed by atoms with E-state index in [1.54, 1.807) is 11.6 Å². The SMILES string of the molecule is C=C/C(=N\n1c(C)nnc1CC1CCCOC1)c1ccc(OC(F)(F)F)cc1. The molecule has 1 atom stereocenters. The number of rotatable bonds is 6. The highest BCUT2D eigenvalue weighted by atomic mass is 19.4. The molecule has 1 fully saturated rings. The van der Waals surface area contributed by atoms with Gasteiger partial charge in [0.25, 0.3) is 0 Å². The van der Waals surface area contributed by atoms with Gasteiger partial charge >= 0.3 is 6.36 Å². The van der Waals surface area contributed by atoms with Crippen LogP contribution >= 0.6 is 0 Å². The molecule has 1 saturated heterocycles. The number of hydrogen-bond donors (Lipinski definition) is 0. The lowest BCUT2D eigenvalue weighted by molar-refractivity contribution is -0.274. The van der Waals surface area contributed by atoms with Gasteiger partial charge in [0.05, 0.1) is 5.71 Å². The topological polar surface area (TPSA) is 61.5 Å². The van der Waals surface area contributed by atoms with Crippen molar-refractivity contribution in [3.05, 3.63) is 54.1 Å². The van der Waals surface area contributed by atoms with Crippen LogP contribution in [-0.2, 0) is 11.2 Å². The van der Waals surface area contributed by atoms with E-state index in [1.807, 2.05) is 0 Å². The quantitative estimate of drug-likeness (QED) is 0.698. The minimum Gasteiger partial charge on any atom is -0.406 e. The summed E-state index contributed by atoms with van der Waals surface area (Å²) in [6.45, 7) is 7.02. The number of hydrogen-bond acceptors (Lipinski definition) is 5. The zero-order valence-electron chi connectivity index (χ0n) is 15.4. The van der Waals surface area contributed by atoms with Crippen molar-refractivity contribution in [2.24, 2.45) is 11.0 Å². The maximum atomic E-state index is 12.3. The predicted molar refractivity (Wildman–Crippen MR) is 97.3 cm³/mol. The summed E-state index contributed by atoms with van der Waals surface area (Å²) in [6.07, 6.45) is -0.427. The van der Waals surface area contributed by atoms with E-state index >= 15 is 0 Å². The summed E-state index contributed by atoms with van der Waals surface area (Å²) in [5.74, 6) is 1.39. The summed E-state index contributed by atoms with van der Waals surface area (Å²) in [7, 11) is 0. The zero-order valence-corrected chi connectivity index (χ0v) is 15.4. The highest BCUT2D eigenvalue weighted by Crippen LogP contribution is 2.23. The molecule has 1 aromatic carbocycles. The van der Waals surface area contributed by atoms with Gasteiger partial charge in [0.15, 0.2) is 11.6 Å². The predicted octanol–water partition coefficient (Wildman–Crippen LogP) is 3.89. The fraction of sp³-hybridized carbons (Fsp3) is 0.421. The van der Waals surface area contributed by atoms with Gasteiger partial charge in [-0.25, -0.2) is 4.68 Å². The van der Waals surface area contributed by atoms with E-state index in [1.165, 1.54) is 30.3 Å². The first-order valence-corrected chi connectivity index (χ1v) is 8.92. The standard InChI is InChI=1S/C19H21F3N4O2/c1-3-17(15-6-8-16(9-7-15)28-19(20,21)22)25-26-13(2)23-24-18(26)11-14-5-4-10-27-12-14/h3,6-9,14H,1,4-5,10-12H2,2H3/b25-17+. The fourth-order valence-electron chi connectivity index (χ4n) is 3.04. The van der Waals surface area contributed by atoms with Crippen molar-refractivity contribution in [1.82, 2.24) is 14.9 Å². The number of ether oxygens (including phenoxy) is 2. The minimum absolute atomic E-state index is 0.293. The highest BCUT2D eigenvalue weighted by Gasteiger charge is 2.31. The molecular formula is C19H21F3N4O2. The summed E-state index contributed by atoms with van der Waals surface area (Å²) < 4.78 is 48.0. The number of alkyl halides is 3. The molecule has 0 amide bonds. The van der Waals surface area contributed by atoms with Crippen molar-refractivity contribution < 1.29 is 22.6 Å². The highest BCUT2D eigenvalue weighted by molar-refractivity contribution is 6.08. The van der Waals surface area contributed by atoms with Crippen molar-refractivity contribution in [3.8, 4) is 5.75 Å². The number of nitrogens with zero attached hydrogens (tertiary/aromatic N) is 4. The van der Waals surface area contributed by atoms with Crippen LogP contribution in [0, 0.1) is 12.8 Å². The van der Waals surface area contributed by atoms with E-state index < -0.39 is 6.36 Å². The molecular weight excluding hydrogens is 373 g/mol. The van der Waals surface area contributed by atoms with Crippen molar-refractivity contribution in [1.29, 1.82) is 0 Å². The van der Waals surface area contributed by atoms with Gasteiger partial charge in [0.2, 0.25) is 0 Å². The van der Waals surface area contributed by atoms with Crippen LogP contribution in [0.25, 0.3) is 0 Å².